The summed E-state index contributed by atoms with van der Waals surface area (Å²) in [4.78, 5) is 0. The predicted octanol–water partition coefficient (Wildman–Crippen LogP) is 6.62. The van der Waals surface area contributed by atoms with Gasteiger partial charge in [0.15, 0.2) is 11.6 Å². The van der Waals surface area contributed by atoms with E-state index in [0.717, 1.165) is 30.7 Å². The number of hydrogen-bond acceptors (Lipinski definition) is 0. The molecule has 0 aliphatic heterocycles. The van der Waals surface area contributed by atoms with Gasteiger partial charge >= 0.3 is 0 Å². The molecular weight excluding hydrogens is 290 g/mol. The zero-order valence-corrected chi connectivity index (χ0v) is 14.1. The molecule has 0 N–H and O–H groups in total. The van der Waals surface area contributed by atoms with Gasteiger partial charge in [0.1, 0.15) is 0 Å². The molecule has 126 valence electrons. The zero-order valence-electron chi connectivity index (χ0n) is 14.1. The average molecular weight is 318 g/mol. The molecule has 1 aromatic rings. The molecule has 0 amide bonds. The van der Waals surface area contributed by atoms with E-state index in [1.807, 2.05) is 6.07 Å². The summed E-state index contributed by atoms with van der Waals surface area (Å²) in [6.07, 6.45) is 14.2. The molecule has 0 saturated heterocycles. The van der Waals surface area contributed by atoms with Gasteiger partial charge in [-0.3, -0.25) is 0 Å². The molecular formula is C21H28F2. The standard InChI is InChI=1S/C21H28F2/c1-15-7-9-17(10-8-15)19(13-16-5-3-2-4-6-16)18-11-12-20(22)21(23)14-18/h2-3,11-12,14-17,19H,4-10,13H2,1H3. The lowest BCUT2D eigenvalue weighted by Crippen LogP contribution is -2.22. The lowest BCUT2D eigenvalue weighted by molar-refractivity contribution is 0.226. The van der Waals surface area contributed by atoms with E-state index in [9.17, 15) is 8.78 Å². The number of hydrogen-bond donors (Lipinski definition) is 0. The quantitative estimate of drug-likeness (QED) is 0.547. The van der Waals surface area contributed by atoms with Crippen LogP contribution in [0.1, 0.15) is 69.8 Å². The van der Waals surface area contributed by atoms with E-state index in [1.165, 1.54) is 44.2 Å². The Morgan fingerprint density at radius 1 is 1.00 bits per heavy atom. The molecule has 0 aromatic heterocycles. The highest BCUT2D eigenvalue weighted by Gasteiger charge is 2.30. The fourth-order valence-corrected chi connectivity index (χ4v) is 4.46. The molecule has 1 fully saturated rings. The van der Waals surface area contributed by atoms with E-state index in [1.54, 1.807) is 0 Å². The maximum atomic E-state index is 13.8. The van der Waals surface area contributed by atoms with Gasteiger partial charge in [0.25, 0.3) is 0 Å². The Morgan fingerprint density at radius 3 is 2.43 bits per heavy atom. The van der Waals surface area contributed by atoms with Crippen molar-refractivity contribution in [2.75, 3.05) is 0 Å². The fraction of sp³-hybridized carbons (Fsp3) is 0.619. The Hall–Kier alpha value is -1.18. The number of benzene rings is 1. The van der Waals surface area contributed by atoms with Crippen LogP contribution in [0, 0.1) is 29.4 Å². The highest BCUT2D eigenvalue weighted by Crippen LogP contribution is 2.43. The molecule has 0 bridgehead atoms. The summed E-state index contributed by atoms with van der Waals surface area (Å²) in [7, 11) is 0. The number of halogens is 2. The van der Waals surface area contributed by atoms with Crippen molar-refractivity contribution in [3.05, 3.63) is 47.5 Å². The molecule has 0 spiro atoms. The van der Waals surface area contributed by atoms with E-state index < -0.39 is 11.6 Å². The van der Waals surface area contributed by atoms with Crippen molar-refractivity contribution >= 4 is 0 Å². The third-order valence-corrected chi connectivity index (χ3v) is 5.97. The first-order chi connectivity index (χ1) is 11.1. The van der Waals surface area contributed by atoms with Crippen molar-refractivity contribution in [3.63, 3.8) is 0 Å². The molecule has 2 aliphatic carbocycles. The van der Waals surface area contributed by atoms with Crippen molar-refractivity contribution in [2.45, 2.75) is 64.2 Å². The molecule has 23 heavy (non-hydrogen) atoms. The van der Waals surface area contributed by atoms with Gasteiger partial charge in [0, 0.05) is 0 Å². The maximum absolute atomic E-state index is 13.8. The summed E-state index contributed by atoms with van der Waals surface area (Å²) in [6, 6.07) is 4.58. The van der Waals surface area contributed by atoms with Crippen LogP contribution in [0.2, 0.25) is 0 Å². The minimum atomic E-state index is -0.731. The number of rotatable bonds is 4. The Morgan fingerprint density at radius 2 is 1.78 bits per heavy atom. The summed E-state index contributed by atoms with van der Waals surface area (Å²) in [5.41, 5.74) is 1.01. The SMILES string of the molecule is CC1CCC(C(CC2CC=CCC2)c2ccc(F)c(F)c2)CC1. The second-order valence-corrected chi connectivity index (χ2v) is 7.69. The molecule has 3 rings (SSSR count). The van der Waals surface area contributed by atoms with Crippen molar-refractivity contribution in [3.8, 4) is 0 Å². The van der Waals surface area contributed by atoms with Crippen molar-refractivity contribution < 1.29 is 8.78 Å². The topological polar surface area (TPSA) is 0 Å². The molecule has 1 aromatic carbocycles. The van der Waals surface area contributed by atoms with Gasteiger partial charge in [0.05, 0.1) is 0 Å². The van der Waals surface area contributed by atoms with Crippen LogP contribution in [0.3, 0.4) is 0 Å². The van der Waals surface area contributed by atoms with Crippen LogP contribution in [0.4, 0.5) is 8.78 Å². The van der Waals surface area contributed by atoms with Gasteiger partial charge in [0.2, 0.25) is 0 Å². The first-order valence-corrected chi connectivity index (χ1v) is 9.23. The smallest absolute Gasteiger partial charge is 0.159 e. The van der Waals surface area contributed by atoms with Crippen LogP contribution >= 0.6 is 0 Å². The van der Waals surface area contributed by atoms with Gasteiger partial charge in [-0.05, 0) is 79.9 Å². The minimum Gasteiger partial charge on any atom is -0.204 e. The van der Waals surface area contributed by atoms with E-state index in [4.69, 9.17) is 0 Å². The van der Waals surface area contributed by atoms with E-state index >= 15 is 0 Å². The van der Waals surface area contributed by atoms with Crippen molar-refractivity contribution in [1.82, 2.24) is 0 Å². The summed E-state index contributed by atoms with van der Waals surface area (Å²) < 4.78 is 27.1. The van der Waals surface area contributed by atoms with Gasteiger partial charge in [-0.15, -0.1) is 0 Å². The minimum absolute atomic E-state index is 0.383. The van der Waals surface area contributed by atoms with E-state index in [-0.39, 0.29) is 0 Å². The molecule has 2 unspecified atom stereocenters. The van der Waals surface area contributed by atoms with Crippen LogP contribution in [-0.2, 0) is 0 Å². The van der Waals surface area contributed by atoms with Crippen LogP contribution in [-0.4, -0.2) is 0 Å². The molecule has 2 heteroatoms. The summed E-state index contributed by atoms with van der Waals surface area (Å²) in [6.45, 7) is 2.33. The highest BCUT2D eigenvalue weighted by atomic mass is 19.2. The first kappa shape index (κ1) is 16.7. The Labute approximate surface area is 139 Å². The van der Waals surface area contributed by atoms with E-state index in [2.05, 4.69) is 19.1 Å². The fourth-order valence-electron chi connectivity index (χ4n) is 4.46. The maximum Gasteiger partial charge on any atom is 0.159 e. The highest BCUT2D eigenvalue weighted by molar-refractivity contribution is 5.23. The Bertz CT molecular complexity index is 541. The molecule has 0 radical (unpaired) electrons. The predicted molar refractivity (Wildman–Crippen MR) is 91.3 cm³/mol. The van der Waals surface area contributed by atoms with E-state index in [0.29, 0.717) is 17.8 Å². The Balaban J connectivity index is 1.79. The lowest BCUT2D eigenvalue weighted by Gasteiger charge is -2.35. The average Bonchev–Trinajstić information content (AvgIpc) is 2.57. The van der Waals surface area contributed by atoms with Crippen LogP contribution in [0.15, 0.2) is 30.4 Å². The van der Waals surface area contributed by atoms with Crippen molar-refractivity contribution in [1.29, 1.82) is 0 Å². The molecule has 0 nitrogen and oxygen atoms in total. The third kappa shape index (κ3) is 4.22. The zero-order chi connectivity index (χ0) is 16.2. The van der Waals surface area contributed by atoms with Gasteiger partial charge in [-0.1, -0.05) is 38.0 Å². The summed E-state index contributed by atoms with van der Waals surface area (Å²) >= 11 is 0. The number of allylic oxidation sites excluding steroid dienone is 2. The summed E-state index contributed by atoms with van der Waals surface area (Å²) in [5, 5.41) is 0. The second kappa shape index (κ2) is 7.59. The first-order valence-electron chi connectivity index (χ1n) is 9.23. The molecule has 1 saturated carbocycles. The van der Waals surface area contributed by atoms with Crippen LogP contribution < -0.4 is 0 Å². The Kier molecular flexibility index (Phi) is 5.50. The normalized spacial score (nSPS) is 29.4. The van der Waals surface area contributed by atoms with Gasteiger partial charge < -0.3 is 0 Å². The molecule has 2 aliphatic rings. The van der Waals surface area contributed by atoms with Crippen LogP contribution in [0.25, 0.3) is 0 Å². The monoisotopic (exact) mass is 318 g/mol. The van der Waals surface area contributed by atoms with Gasteiger partial charge in [-0.25, -0.2) is 8.78 Å². The largest absolute Gasteiger partial charge is 0.204 e. The van der Waals surface area contributed by atoms with Crippen molar-refractivity contribution in [2.24, 2.45) is 17.8 Å². The summed E-state index contributed by atoms with van der Waals surface area (Å²) in [5.74, 6) is 1.09. The third-order valence-electron chi connectivity index (χ3n) is 5.97. The second-order valence-electron chi connectivity index (χ2n) is 7.69. The molecule has 2 atom stereocenters. The molecule has 0 heterocycles. The van der Waals surface area contributed by atoms with Gasteiger partial charge in [-0.2, -0.15) is 0 Å². The lowest BCUT2D eigenvalue weighted by atomic mass is 9.70. The van der Waals surface area contributed by atoms with Crippen LogP contribution in [0.5, 0.6) is 0 Å².